The van der Waals surface area contributed by atoms with Crippen LogP contribution in [0.25, 0.3) is 0 Å². The van der Waals surface area contributed by atoms with Crippen LogP contribution in [0.3, 0.4) is 0 Å². The van der Waals surface area contributed by atoms with Crippen molar-refractivity contribution < 1.29 is 19.0 Å². The van der Waals surface area contributed by atoms with Gasteiger partial charge in [0.15, 0.2) is 11.5 Å². The topological polar surface area (TPSA) is 68.8 Å². The maximum atomic E-state index is 12.3. The summed E-state index contributed by atoms with van der Waals surface area (Å²) in [6, 6.07) is 12.4. The summed E-state index contributed by atoms with van der Waals surface area (Å²) in [5.41, 5.74) is 1.59. The second-order valence-corrected chi connectivity index (χ2v) is 5.62. The molecule has 0 aliphatic heterocycles. The van der Waals surface area contributed by atoms with E-state index in [-0.39, 0.29) is 12.1 Å². The molecule has 2 N–H and O–H groups in total. The Bertz CT molecular complexity index is 734. The van der Waals surface area contributed by atoms with Gasteiger partial charge in [0.25, 0.3) is 0 Å². The maximum absolute atomic E-state index is 12.3. The lowest BCUT2D eigenvalue weighted by molar-refractivity contribution is 0.249. The average Bonchev–Trinajstić information content (AvgIpc) is 2.63. The molecule has 1 atom stereocenters. The van der Waals surface area contributed by atoms with Crippen LogP contribution in [0.15, 0.2) is 42.5 Å². The summed E-state index contributed by atoms with van der Waals surface area (Å²) in [6.07, 6.45) is 0. The Morgan fingerprint density at radius 1 is 1.04 bits per heavy atom. The predicted molar refractivity (Wildman–Crippen MR) is 102 cm³/mol. The fourth-order valence-corrected chi connectivity index (χ4v) is 2.49. The molecule has 140 valence electrons. The van der Waals surface area contributed by atoms with E-state index >= 15 is 0 Å². The number of anilines is 1. The van der Waals surface area contributed by atoms with Crippen molar-refractivity contribution in [1.82, 2.24) is 5.32 Å². The number of methoxy groups -OCH3 is 1. The van der Waals surface area contributed by atoms with E-state index in [1.165, 1.54) is 0 Å². The lowest BCUT2D eigenvalue weighted by Crippen LogP contribution is -2.31. The number of nitrogens with one attached hydrogen (secondary N) is 2. The number of hydrogen-bond acceptors (Lipinski definition) is 4. The van der Waals surface area contributed by atoms with E-state index < -0.39 is 0 Å². The molecule has 0 spiro atoms. The van der Waals surface area contributed by atoms with Gasteiger partial charge in [0.1, 0.15) is 5.75 Å². The molecular weight excluding hydrogens is 332 g/mol. The third-order valence-electron chi connectivity index (χ3n) is 3.74. The maximum Gasteiger partial charge on any atom is 0.319 e. The van der Waals surface area contributed by atoms with Gasteiger partial charge >= 0.3 is 6.03 Å². The van der Waals surface area contributed by atoms with Gasteiger partial charge in [-0.2, -0.15) is 0 Å². The summed E-state index contributed by atoms with van der Waals surface area (Å²) in [5.74, 6) is 2.06. The molecule has 26 heavy (non-hydrogen) atoms. The highest BCUT2D eigenvalue weighted by molar-refractivity contribution is 5.89. The zero-order valence-electron chi connectivity index (χ0n) is 15.7. The minimum atomic E-state index is -0.294. The van der Waals surface area contributed by atoms with Gasteiger partial charge in [0.05, 0.1) is 26.4 Å². The van der Waals surface area contributed by atoms with Crippen LogP contribution < -0.4 is 24.8 Å². The molecule has 0 aliphatic carbocycles. The Morgan fingerprint density at radius 3 is 2.46 bits per heavy atom. The summed E-state index contributed by atoms with van der Waals surface area (Å²) in [6.45, 7) is 6.87. The molecule has 2 amide bonds. The Labute approximate surface area is 154 Å². The third kappa shape index (κ3) is 5.31. The lowest BCUT2D eigenvalue weighted by atomic mass is 10.1. The highest BCUT2D eigenvalue weighted by atomic mass is 16.5. The number of ether oxygens (including phenoxy) is 3. The first-order chi connectivity index (χ1) is 12.6. The van der Waals surface area contributed by atoms with Crippen molar-refractivity contribution in [3.63, 3.8) is 0 Å². The fourth-order valence-electron chi connectivity index (χ4n) is 2.49. The second kappa shape index (κ2) is 9.56. The van der Waals surface area contributed by atoms with E-state index in [0.29, 0.717) is 36.1 Å². The molecule has 2 rings (SSSR count). The van der Waals surface area contributed by atoms with E-state index in [0.717, 1.165) is 5.56 Å². The minimum absolute atomic E-state index is 0.199. The van der Waals surface area contributed by atoms with Crippen molar-refractivity contribution in [1.29, 1.82) is 0 Å². The van der Waals surface area contributed by atoms with E-state index in [2.05, 4.69) is 10.6 Å². The quantitative estimate of drug-likeness (QED) is 0.735. The van der Waals surface area contributed by atoms with Crippen molar-refractivity contribution in [2.24, 2.45) is 0 Å². The van der Waals surface area contributed by atoms with Crippen molar-refractivity contribution in [2.75, 3.05) is 25.6 Å². The highest BCUT2D eigenvalue weighted by Gasteiger charge is 2.13. The van der Waals surface area contributed by atoms with Crippen LogP contribution in [0.2, 0.25) is 0 Å². The predicted octanol–water partition coefficient (Wildman–Crippen LogP) is 4.38. The zero-order valence-corrected chi connectivity index (χ0v) is 15.7. The Balaban J connectivity index is 2.04. The van der Waals surface area contributed by atoms with Crippen LogP contribution in [-0.4, -0.2) is 26.4 Å². The summed E-state index contributed by atoms with van der Waals surface area (Å²) in [7, 11) is 1.59. The molecule has 0 aromatic heterocycles. The van der Waals surface area contributed by atoms with Gasteiger partial charge in [0.2, 0.25) is 0 Å². The molecule has 0 heterocycles. The van der Waals surface area contributed by atoms with Gasteiger partial charge in [-0.25, -0.2) is 4.79 Å². The van der Waals surface area contributed by atoms with Crippen LogP contribution >= 0.6 is 0 Å². The number of carbonyl (C=O) groups is 1. The summed E-state index contributed by atoms with van der Waals surface area (Å²) >= 11 is 0. The van der Waals surface area contributed by atoms with Crippen LogP contribution in [0.1, 0.15) is 32.4 Å². The van der Waals surface area contributed by atoms with Crippen molar-refractivity contribution in [3.8, 4) is 17.2 Å². The lowest BCUT2D eigenvalue weighted by Gasteiger charge is -2.18. The van der Waals surface area contributed by atoms with Crippen LogP contribution in [0.5, 0.6) is 17.2 Å². The monoisotopic (exact) mass is 358 g/mol. The molecule has 0 saturated heterocycles. The number of amides is 2. The number of hydrogen-bond donors (Lipinski definition) is 2. The van der Waals surface area contributed by atoms with E-state index in [4.69, 9.17) is 14.2 Å². The van der Waals surface area contributed by atoms with Crippen molar-refractivity contribution in [3.05, 3.63) is 48.0 Å². The Kier molecular flexibility index (Phi) is 7.14. The number of benzene rings is 2. The molecule has 6 heteroatoms. The molecular formula is C20H26N2O4. The molecule has 2 aromatic carbocycles. The fraction of sp³-hybridized carbons (Fsp3) is 0.350. The molecule has 0 saturated carbocycles. The first kappa shape index (κ1) is 19.4. The average molecular weight is 358 g/mol. The normalized spacial score (nSPS) is 11.4. The largest absolute Gasteiger partial charge is 0.497 e. The van der Waals surface area contributed by atoms with Gasteiger partial charge < -0.3 is 24.8 Å². The standard InChI is InChI=1S/C20H26N2O4/c1-5-25-18-11-10-15(12-19(18)26-6-2)14(3)21-20(23)22-16-8-7-9-17(13-16)24-4/h7-14H,5-6H2,1-4H3,(H2,21,22,23)/t14-/m0/s1. The van der Waals surface area contributed by atoms with Crippen LogP contribution in [0.4, 0.5) is 10.5 Å². The van der Waals surface area contributed by atoms with Gasteiger partial charge in [-0.05, 0) is 50.6 Å². The molecule has 6 nitrogen and oxygen atoms in total. The van der Waals surface area contributed by atoms with Gasteiger partial charge in [-0.3, -0.25) is 0 Å². The first-order valence-electron chi connectivity index (χ1n) is 8.68. The number of rotatable bonds is 8. The summed E-state index contributed by atoms with van der Waals surface area (Å²) in [4.78, 5) is 12.3. The second-order valence-electron chi connectivity index (χ2n) is 5.62. The number of urea groups is 1. The van der Waals surface area contributed by atoms with E-state index in [1.807, 2.05) is 51.1 Å². The van der Waals surface area contributed by atoms with Crippen molar-refractivity contribution in [2.45, 2.75) is 26.8 Å². The number of carbonyl (C=O) groups excluding carboxylic acids is 1. The van der Waals surface area contributed by atoms with E-state index in [1.54, 1.807) is 19.2 Å². The van der Waals surface area contributed by atoms with Gasteiger partial charge in [-0.15, -0.1) is 0 Å². The Morgan fingerprint density at radius 2 is 1.77 bits per heavy atom. The van der Waals surface area contributed by atoms with E-state index in [9.17, 15) is 4.79 Å². The molecule has 0 radical (unpaired) electrons. The molecule has 0 unspecified atom stereocenters. The minimum Gasteiger partial charge on any atom is -0.497 e. The van der Waals surface area contributed by atoms with Crippen LogP contribution in [-0.2, 0) is 0 Å². The van der Waals surface area contributed by atoms with Gasteiger partial charge in [0, 0.05) is 11.8 Å². The highest BCUT2D eigenvalue weighted by Crippen LogP contribution is 2.30. The first-order valence-corrected chi connectivity index (χ1v) is 8.68. The molecule has 2 aromatic rings. The summed E-state index contributed by atoms with van der Waals surface area (Å²) in [5, 5.41) is 5.72. The third-order valence-corrected chi connectivity index (χ3v) is 3.74. The SMILES string of the molecule is CCOc1ccc([C@H](C)NC(=O)Nc2cccc(OC)c2)cc1OCC. The molecule has 0 bridgehead atoms. The summed E-state index contributed by atoms with van der Waals surface area (Å²) < 4.78 is 16.4. The zero-order chi connectivity index (χ0) is 18.9. The van der Waals surface area contributed by atoms with Crippen molar-refractivity contribution >= 4 is 11.7 Å². The smallest absolute Gasteiger partial charge is 0.319 e. The van der Waals surface area contributed by atoms with Gasteiger partial charge in [-0.1, -0.05) is 12.1 Å². The Hall–Kier alpha value is -2.89. The van der Waals surface area contributed by atoms with Crippen LogP contribution in [0, 0.1) is 0 Å². The molecule has 0 fully saturated rings. The molecule has 0 aliphatic rings.